The highest BCUT2D eigenvalue weighted by atomic mass is 19.1. The molecule has 0 saturated heterocycles. The summed E-state index contributed by atoms with van der Waals surface area (Å²) in [4.78, 5) is 13.9. The Morgan fingerprint density at radius 2 is 2.19 bits per heavy atom. The molecule has 0 unspecified atom stereocenters. The molecule has 5 heterocycles. The van der Waals surface area contributed by atoms with Gasteiger partial charge in [-0.1, -0.05) is 0 Å². The number of nitrogens with one attached hydrogen (secondary N) is 1. The van der Waals surface area contributed by atoms with Crippen LogP contribution >= 0.6 is 0 Å². The summed E-state index contributed by atoms with van der Waals surface area (Å²) in [5, 5.41) is 13.8. The smallest absolute Gasteiger partial charge is 0.148 e. The molecule has 0 bridgehead atoms. The Morgan fingerprint density at radius 1 is 1.26 bits per heavy atom. The molecule has 0 spiro atoms. The summed E-state index contributed by atoms with van der Waals surface area (Å²) in [5.74, 6) is -0.323. The summed E-state index contributed by atoms with van der Waals surface area (Å²) < 4.78 is 15.7. The molecule has 5 rings (SSSR count). The summed E-state index contributed by atoms with van der Waals surface area (Å²) in [7, 11) is 0. The van der Waals surface area contributed by atoms with Crippen molar-refractivity contribution in [2.24, 2.45) is 0 Å². The quantitative estimate of drug-likeness (QED) is 0.595. The van der Waals surface area contributed by atoms with Crippen molar-refractivity contribution in [2.75, 3.05) is 11.4 Å². The Morgan fingerprint density at radius 3 is 3.04 bits per heavy atom. The van der Waals surface area contributed by atoms with Crippen molar-refractivity contribution >= 4 is 11.2 Å². The fraction of sp³-hybridized carbons (Fsp3) is 0.158. The number of pyridine rings is 2. The minimum Gasteiger partial charge on any atom is -0.357 e. The maximum absolute atomic E-state index is 14.2. The Balaban J connectivity index is 1.69. The molecule has 1 N–H and O–H groups in total. The largest absolute Gasteiger partial charge is 0.357 e. The first-order chi connectivity index (χ1) is 13.2. The lowest BCUT2D eigenvalue weighted by atomic mass is 9.99. The van der Waals surface area contributed by atoms with Gasteiger partial charge in [0.25, 0.3) is 0 Å². The second-order valence-corrected chi connectivity index (χ2v) is 6.38. The molecule has 0 aliphatic carbocycles. The molecule has 4 aromatic rings. The standard InChI is InChI=1S/C19H14FN7/c20-14-2-1-6-27-17(14)9-16(25-27)19-18-15(23-11-24-18)4-7-26(19)13-3-5-22-12(8-13)10-21/h1-3,5-6,8-9,11,19H,4,7H2,(H,23,24)/t19-/m1/s1. The molecule has 1 aliphatic rings. The van der Waals surface area contributed by atoms with Crippen LogP contribution in [0, 0.1) is 17.1 Å². The number of imidazole rings is 1. The zero-order chi connectivity index (χ0) is 18.4. The van der Waals surface area contributed by atoms with Crippen LogP contribution in [0.25, 0.3) is 5.52 Å². The van der Waals surface area contributed by atoms with E-state index >= 15 is 0 Å². The molecule has 0 saturated carbocycles. The molecule has 0 fully saturated rings. The predicted molar refractivity (Wildman–Crippen MR) is 95.6 cm³/mol. The van der Waals surface area contributed by atoms with Crippen molar-refractivity contribution in [2.45, 2.75) is 12.5 Å². The maximum atomic E-state index is 14.2. The van der Waals surface area contributed by atoms with Crippen LogP contribution in [0.1, 0.15) is 28.8 Å². The molecular formula is C19H14FN7. The molecule has 132 valence electrons. The lowest BCUT2D eigenvalue weighted by Crippen LogP contribution is -2.36. The van der Waals surface area contributed by atoms with Crippen molar-refractivity contribution < 1.29 is 4.39 Å². The first-order valence-corrected chi connectivity index (χ1v) is 8.53. The van der Waals surface area contributed by atoms with Gasteiger partial charge in [0.05, 0.1) is 17.7 Å². The number of halogens is 1. The average molecular weight is 359 g/mol. The monoisotopic (exact) mass is 359 g/mol. The van der Waals surface area contributed by atoms with Crippen LogP contribution in [0.15, 0.2) is 49.1 Å². The molecule has 0 aromatic carbocycles. The lowest BCUT2D eigenvalue weighted by molar-refractivity contribution is 0.615. The SMILES string of the molecule is N#Cc1cc(N2CCc3[nH]cnc3[C@H]2c2cc3c(F)cccn3n2)ccn1. The lowest BCUT2D eigenvalue weighted by Gasteiger charge is -2.35. The molecule has 1 aliphatic heterocycles. The zero-order valence-electron chi connectivity index (χ0n) is 14.2. The van der Waals surface area contributed by atoms with E-state index in [1.165, 1.54) is 10.6 Å². The van der Waals surface area contributed by atoms with Crippen molar-refractivity contribution in [3.8, 4) is 6.07 Å². The topological polar surface area (TPSA) is 85.9 Å². The van der Waals surface area contributed by atoms with Crippen LogP contribution in [0.2, 0.25) is 0 Å². The average Bonchev–Trinajstić information content (AvgIpc) is 3.34. The van der Waals surface area contributed by atoms with Crippen LogP contribution in [0.4, 0.5) is 10.1 Å². The van der Waals surface area contributed by atoms with Crippen molar-refractivity contribution in [3.05, 3.63) is 77.6 Å². The van der Waals surface area contributed by atoms with Crippen LogP contribution in [0.5, 0.6) is 0 Å². The number of nitriles is 1. The number of hydrogen-bond acceptors (Lipinski definition) is 5. The number of rotatable bonds is 2. The van der Waals surface area contributed by atoms with Gasteiger partial charge in [-0.15, -0.1) is 0 Å². The normalized spacial score (nSPS) is 16.3. The fourth-order valence-electron chi connectivity index (χ4n) is 3.65. The molecular weight excluding hydrogens is 345 g/mol. The van der Waals surface area contributed by atoms with Gasteiger partial charge in [0.2, 0.25) is 0 Å². The van der Waals surface area contributed by atoms with Gasteiger partial charge in [0, 0.05) is 36.7 Å². The van der Waals surface area contributed by atoms with Crippen LogP contribution in [-0.2, 0) is 6.42 Å². The summed E-state index contributed by atoms with van der Waals surface area (Å²) in [6.45, 7) is 0.713. The molecule has 27 heavy (non-hydrogen) atoms. The summed E-state index contributed by atoms with van der Waals surface area (Å²) in [6.07, 6.45) is 5.80. The van der Waals surface area contributed by atoms with E-state index in [4.69, 9.17) is 0 Å². The van der Waals surface area contributed by atoms with Gasteiger partial charge in [-0.25, -0.2) is 18.9 Å². The van der Waals surface area contributed by atoms with E-state index in [0.29, 0.717) is 23.4 Å². The van der Waals surface area contributed by atoms with E-state index in [1.807, 2.05) is 6.07 Å². The summed E-state index contributed by atoms with van der Waals surface area (Å²) in [5.41, 5.74) is 4.23. The Hall–Kier alpha value is -3.73. The molecule has 0 amide bonds. The van der Waals surface area contributed by atoms with Crippen LogP contribution in [0.3, 0.4) is 0 Å². The minimum absolute atomic E-state index is 0.284. The third-order valence-corrected chi connectivity index (χ3v) is 4.86. The Labute approximate surface area is 153 Å². The number of H-pyrrole nitrogens is 1. The van der Waals surface area contributed by atoms with E-state index in [2.05, 4.69) is 31.0 Å². The molecule has 4 aromatic heterocycles. The predicted octanol–water partition coefficient (Wildman–Crippen LogP) is 2.62. The third-order valence-electron chi connectivity index (χ3n) is 4.86. The summed E-state index contributed by atoms with van der Waals surface area (Å²) in [6, 6.07) is 10.2. The van der Waals surface area contributed by atoms with Crippen LogP contribution in [-0.4, -0.2) is 31.1 Å². The van der Waals surface area contributed by atoms with Gasteiger partial charge < -0.3 is 9.88 Å². The van der Waals surface area contributed by atoms with Crippen molar-refractivity contribution in [1.29, 1.82) is 5.26 Å². The van der Waals surface area contributed by atoms with Gasteiger partial charge >= 0.3 is 0 Å². The van der Waals surface area contributed by atoms with Gasteiger partial charge in [0.15, 0.2) is 0 Å². The number of aromatic nitrogens is 5. The fourth-order valence-corrected chi connectivity index (χ4v) is 3.65. The highest BCUT2D eigenvalue weighted by Crippen LogP contribution is 2.36. The van der Waals surface area contributed by atoms with Gasteiger partial charge in [-0.2, -0.15) is 10.4 Å². The highest BCUT2D eigenvalue weighted by Gasteiger charge is 2.33. The summed E-state index contributed by atoms with van der Waals surface area (Å²) >= 11 is 0. The molecule has 0 radical (unpaired) electrons. The number of aromatic amines is 1. The van der Waals surface area contributed by atoms with E-state index in [1.54, 1.807) is 36.9 Å². The minimum atomic E-state index is -0.323. The van der Waals surface area contributed by atoms with E-state index < -0.39 is 0 Å². The van der Waals surface area contributed by atoms with Gasteiger partial charge in [-0.05, 0) is 30.3 Å². The molecule has 1 atom stereocenters. The number of fused-ring (bicyclic) bond motifs is 2. The van der Waals surface area contributed by atoms with E-state index in [-0.39, 0.29) is 11.9 Å². The molecule has 8 heteroatoms. The number of nitrogens with zero attached hydrogens (tertiary/aromatic N) is 6. The van der Waals surface area contributed by atoms with E-state index in [0.717, 1.165) is 23.5 Å². The third kappa shape index (κ3) is 2.44. The van der Waals surface area contributed by atoms with Crippen molar-refractivity contribution in [3.63, 3.8) is 0 Å². The first kappa shape index (κ1) is 15.5. The Bertz CT molecular complexity index is 1190. The number of hydrogen-bond donors (Lipinski definition) is 1. The zero-order valence-corrected chi connectivity index (χ0v) is 14.2. The first-order valence-electron chi connectivity index (χ1n) is 8.53. The van der Waals surface area contributed by atoms with Gasteiger partial charge in [0.1, 0.15) is 29.1 Å². The number of anilines is 1. The van der Waals surface area contributed by atoms with Gasteiger partial charge in [-0.3, -0.25) is 0 Å². The van der Waals surface area contributed by atoms with Crippen molar-refractivity contribution in [1.82, 2.24) is 24.6 Å². The molecule has 7 nitrogen and oxygen atoms in total. The second-order valence-electron chi connectivity index (χ2n) is 6.38. The van der Waals surface area contributed by atoms with Crippen LogP contribution < -0.4 is 4.90 Å². The second kappa shape index (κ2) is 5.92. The van der Waals surface area contributed by atoms with E-state index in [9.17, 15) is 9.65 Å². The highest BCUT2D eigenvalue weighted by molar-refractivity contribution is 5.57. The maximum Gasteiger partial charge on any atom is 0.148 e. The Kier molecular flexibility index (Phi) is 3.40.